The fourth-order valence-electron chi connectivity index (χ4n) is 3.88. The molecule has 0 bridgehead atoms. The zero-order valence-electron chi connectivity index (χ0n) is 17.1. The standard InChI is InChI=1S/C22H24O10/c1-29-13-6-5-10(14-8-11-3-2-4-12(24)17(11)21(28)30-14)7-15(13)31-22-20(27)19(26)18(25)16(9-23)32-22/h2-7,14,16,18-20,22-27H,8-9H2,1H3/t14?,16-,18-,19+,20-,22-/m1/s1. The van der Waals surface area contributed by atoms with Crippen molar-refractivity contribution in [3.63, 3.8) is 0 Å². The first-order chi connectivity index (χ1) is 15.3. The minimum Gasteiger partial charge on any atom is -0.507 e. The summed E-state index contributed by atoms with van der Waals surface area (Å²) in [7, 11) is 1.41. The van der Waals surface area contributed by atoms with Crippen LogP contribution in [-0.2, 0) is 15.9 Å². The predicted octanol–water partition coefficient (Wildman–Crippen LogP) is 0.0337. The van der Waals surface area contributed by atoms with E-state index in [1.807, 2.05) is 0 Å². The average molecular weight is 448 g/mol. The lowest BCUT2D eigenvalue weighted by molar-refractivity contribution is -0.277. The molecule has 5 N–H and O–H groups in total. The SMILES string of the molecule is COc1ccc(C2Cc3cccc(O)c3C(=O)O2)cc1O[C@@H]1O[C@H](CO)[C@@H](O)[C@H](O)[C@H]1O. The lowest BCUT2D eigenvalue weighted by Gasteiger charge is -2.39. The number of cyclic esters (lactones) is 1. The molecule has 2 aliphatic rings. The average Bonchev–Trinajstić information content (AvgIpc) is 2.79. The number of ether oxygens (including phenoxy) is 4. The van der Waals surface area contributed by atoms with E-state index in [0.29, 0.717) is 17.5 Å². The maximum atomic E-state index is 12.4. The highest BCUT2D eigenvalue weighted by Crippen LogP contribution is 2.38. The van der Waals surface area contributed by atoms with E-state index in [0.717, 1.165) is 0 Å². The smallest absolute Gasteiger partial charge is 0.342 e. The van der Waals surface area contributed by atoms with E-state index in [1.54, 1.807) is 30.3 Å². The van der Waals surface area contributed by atoms with Gasteiger partial charge in [0.1, 0.15) is 41.8 Å². The van der Waals surface area contributed by atoms with Crippen LogP contribution in [0.1, 0.15) is 27.6 Å². The second kappa shape index (κ2) is 8.93. The zero-order chi connectivity index (χ0) is 23.0. The quantitative estimate of drug-likeness (QED) is 0.396. The Bertz CT molecular complexity index is 991. The molecule has 2 aromatic carbocycles. The molecule has 0 amide bonds. The van der Waals surface area contributed by atoms with Gasteiger partial charge in [-0.1, -0.05) is 18.2 Å². The van der Waals surface area contributed by atoms with Gasteiger partial charge in [-0.3, -0.25) is 0 Å². The number of benzene rings is 2. The highest BCUT2D eigenvalue weighted by atomic mass is 16.7. The number of rotatable bonds is 5. The number of aromatic hydroxyl groups is 1. The molecule has 0 aliphatic carbocycles. The van der Waals surface area contributed by atoms with Gasteiger partial charge < -0.3 is 44.5 Å². The molecule has 2 aromatic rings. The van der Waals surface area contributed by atoms with Crippen LogP contribution in [0.25, 0.3) is 0 Å². The number of methoxy groups -OCH3 is 1. The molecular weight excluding hydrogens is 424 g/mol. The maximum Gasteiger partial charge on any atom is 0.342 e. The first kappa shape index (κ1) is 22.3. The highest BCUT2D eigenvalue weighted by molar-refractivity contribution is 5.95. The van der Waals surface area contributed by atoms with Crippen LogP contribution in [0.5, 0.6) is 17.2 Å². The summed E-state index contributed by atoms with van der Waals surface area (Å²) in [6, 6.07) is 9.61. The van der Waals surface area contributed by atoms with Gasteiger partial charge in [0.15, 0.2) is 11.5 Å². The molecule has 4 rings (SSSR count). The Balaban J connectivity index is 1.60. The number of fused-ring (bicyclic) bond motifs is 1. The van der Waals surface area contributed by atoms with Crippen LogP contribution in [0, 0.1) is 0 Å². The van der Waals surface area contributed by atoms with Crippen molar-refractivity contribution in [1.82, 2.24) is 0 Å². The van der Waals surface area contributed by atoms with E-state index in [4.69, 9.17) is 18.9 Å². The van der Waals surface area contributed by atoms with Crippen molar-refractivity contribution < 1.29 is 49.3 Å². The Hall–Kier alpha value is -2.89. The van der Waals surface area contributed by atoms with Gasteiger partial charge in [0.05, 0.1) is 13.7 Å². The Morgan fingerprint density at radius 2 is 1.84 bits per heavy atom. The lowest BCUT2D eigenvalue weighted by Crippen LogP contribution is -2.60. The van der Waals surface area contributed by atoms with Gasteiger partial charge in [0.2, 0.25) is 6.29 Å². The molecule has 0 saturated carbocycles. The van der Waals surface area contributed by atoms with Gasteiger partial charge in [-0.25, -0.2) is 4.79 Å². The second-order valence-corrected chi connectivity index (χ2v) is 7.63. The molecule has 172 valence electrons. The zero-order valence-corrected chi connectivity index (χ0v) is 17.1. The van der Waals surface area contributed by atoms with Gasteiger partial charge in [-0.05, 0) is 29.3 Å². The van der Waals surface area contributed by atoms with Crippen LogP contribution in [0.2, 0.25) is 0 Å². The summed E-state index contributed by atoms with van der Waals surface area (Å²) in [4.78, 5) is 12.4. The van der Waals surface area contributed by atoms with Gasteiger partial charge in [-0.15, -0.1) is 0 Å². The van der Waals surface area contributed by atoms with E-state index >= 15 is 0 Å². The topological polar surface area (TPSA) is 155 Å². The van der Waals surface area contributed by atoms with Crippen LogP contribution in [0.4, 0.5) is 0 Å². The fourth-order valence-corrected chi connectivity index (χ4v) is 3.88. The number of carbonyl (C=O) groups excluding carboxylic acids is 1. The number of carbonyl (C=O) groups is 1. The molecule has 1 unspecified atom stereocenters. The summed E-state index contributed by atoms with van der Waals surface area (Å²) in [5.74, 6) is -0.383. The third kappa shape index (κ3) is 3.98. The number of hydrogen-bond acceptors (Lipinski definition) is 10. The Morgan fingerprint density at radius 3 is 2.56 bits per heavy atom. The summed E-state index contributed by atoms with van der Waals surface area (Å²) < 4.78 is 21.9. The molecule has 2 aliphatic heterocycles. The molecule has 10 heteroatoms. The maximum absolute atomic E-state index is 12.4. The highest BCUT2D eigenvalue weighted by Gasteiger charge is 2.45. The lowest BCUT2D eigenvalue weighted by atomic mass is 9.94. The Kier molecular flexibility index (Phi) is 6.22. The number of phenolic OH excluding ortho intramolecular Hbond substituents is 1. The van der Waals surface area contributed by atoms with E-state index in [1.165, 1.54) is 13.2 Å². The molecule has 6 atom stereocenters. The van der Waals surface area contributed by atoms with Gasteiger partial charge in [0, 0.05) is 6.42 Å². The van der Waals surface area contributed by atoms with Crippen LogP contribution < -0.4 is 9.47 Å². The van der Waals surface area contributed by atoms with Crippen LogP contribution >= 0.6 is 0 Å². The molecule has 32 heavy (non-hydrogen) atoms. The minimum atomic E-state index is -1.59. The van der Waals surface area contributed by atoms with E-state index in [-0.39, 0.29) is 22.8 Å². The van der Waals surface area contributed by atoms with Crippen LogP contribution in [0.3, 0.4) is 0 Å². The summed E-state index contributed by atoms with van der Waals surface area (Å²) in [6.07, 6.45) is -7.58. The second-order valence-electron chi connectivity index (χ2n) is 7.63. The number of aliphatic hydroxyl groups is 4. The molecule has 1 saturated heterocycles. The van der Waals surface area contributed by atoms with Crippen molar-refractivity contribution in [1.29, 1.82) is 0 Å². The van der Waals surface area contributed by atoms with Gasteiger partial charge >= 0.3 is 5.97 Å². The number of phenols is 1. The van der Waals surface area contributed by atoms with Crippen molar-refractivity contribution >= 4 is 5.97 Å². The third-order valence-corrected chi connectivity index (χ3v) is 5.64. The number of esters is 1. The number of hydrogen-bond donors (Lipinski definition) is 5. The van der Waals surface area contributed by atoms with Crippen molar-refractivity contribution in [3.8, 4) is 17.2 Å². The fraction of sp³-hybridized carbons (Fsp3) is 0.409. The van der Waals surface area contributed by atoms with Crippen molar-refractivity contribution in [2.75, 3.05) is 13.7 Å². The molecular formula is C22H24O10. The molecule has 0 aromatic heterocycles. The van der Waals surface area contributed by atoms with Gasteiger partial charge in [-0.2, -0.15) is 0 Å². The monoisotopic (exact) mass is 448 g/mol. The first-order valence-electron chi connectivity index (χ1n) is 10.0. The molecule has 2 heterocycles. The third-order valence-electron chi connectivity index (χ3n) is 5.64. The van der Waals surface area contributed by atoms with E-state index in [2.05, 4.69) is 0 Å². The van der Waals surface area contributed by atoms with Crippen molar-refractivity contribution in [3.05, 3.63) is 53.1 Å². The van der Waals surface area contributed by atoms with Crippen LogP contribution in [0.15, 0.2) is 36.4 Å². The molecule has 10 nitrogen and oxygen atoms in total. The first-order valence-corrected chi connectivity index (χ1v) is 10.0. The normalized spacial score (nSPS) is 29.7. The predicted molar refractivity (Wildman–Crippen MR) is 107 cm³/mol. The molecule has 1 fully saturated rings. The summed E-state index contributed by atoms with van der Waals surface area (Å²) in [5.41, 5.74) is 1.33. The Morgan fingerprint density at radius 1 is 1.06 bits per heavy atom. The Labute approximate surface area is 183 Å². The summed E-state index contributed by atoms with van der Waals surface area (Å²) >= 11 is 0. The van der Waals surface area contributed by atoms with E-state index < -0.39 is 49.4 Å². The van der Waals surface area contributed by atoms with Crippen molar-refractivity contribution in [2.45, 2.75) is 43.2 Å². The largest absolute Gasteiger partial charge is 0.507 e. The van der Waals surface area contributed by atoms with E-state index in [9.17, 15) is 30.3 Å². The summed E-state index contributed by atoms with van der Waals surface area (Å²) in [5, 5.41) is 49.5. The van der Waals surface area contributed by atoms with Crippen molar-refractivity contribution in [2.24, 2.45) is 0 Å². The minimum absolute atomic E-state index is 0.132. The number of aliphatic hydroxyl groups excluding tert-OH is 4. The summed E-state index contributed by atoms with van der Waals surface area (Å²) in [6.45, 7) is -0.591. The van der Waals surface area contributed by atoms with Gasteiger partial charge in [0.25, 0.3) is 0 Å². The van der Waals surface area contributed by atoms with Crippen LogP contribution in [-0.4, -0.2) is 75.9 Å². The molecule has 0 spiro atoms. The molecule has 0 radical (unpaired) electrons.